The quantitative estimate of drug-likeness (QED) is 0.337. The van der Waals surface area contributed by atoms with Crippen molar-refractivity contribution in [2.75, 3.05) is 6.61 Å². The molecule has 26 heavy (non-hydrogen) atoms. The van der Waals surface area contributed by atoms with Crippen molar-refractivity contribution in [3.63, 3.8) is 0 Å². The standard InChI is InChI=1S/C10H15FN2O11P2/c11-5-4-13(10(16)12-9(5)15)8-3-6(14)7(23-8)1-2-22-26(20,21)24-25(17,18)19/h4,6-8,14H,1-3H2,(H,20,21)(H,12,15,16)(H2,17,18,19)/t6-,7+,8+/m0/s1. The Bertz CT molecular complexity index is 863. The average Bonchev–Trinajstić information content (AvgIpc) is 2.81. The lowest BCUT2D eigenvalue weighted by Crippen LogP contribution is -2.33. The van der Waals surface area contributed by atoms with Gasteiger partial charge in [0, 0.05) is 12.8 Å². The first-order chi connectivity index (χ1) is 11.9. The fraction of sp³-hybridized carbons (Fsp3) is 0.600. The van der Waals surface area contributed by atoms with Crippen molar-refractivity contribution in [3.8, 4) is 0 Å². The van der Waals surface area contributed by atoms with Crippen LogP contribution in [-0.4, -0.2) is 48.2 Å². The highest BCUT2D eigenvalue weighted by atomic mass is 31.3. The predicted molar refractivity (Wildman–Crippen MR) is 79.3 cm³/mol. The Morgan fingerprint density at radius 3 is 2.62 bits per heavy atom. The molecule has 0 aliphatic carbocycles. The van der Waals surface area contributed by atoms with Gasteiger partial charge in [-0.15, -0.1) is 0 Å². The Hall–Kier alpha value is -1.21. The SMILES string of the molecule is O=c1[nH]c(=O)n([C@H]2C[C@H](O)[C@@H](CCOP(=O)(O)OP(=O)(O)O)O2)cc1F. The monoisotopic (exact) mass is 420 g/mol. The number of nitrogens with zero attached hydrogens (tertiary/aromatic N) is 1. The number of aromatic amines is 1. The normalized spacial score (nSPS) is 26.0. The lowest BCUT2D eigenvalue weighted by atomic mass is 10.1. The Morgan fingerprint density at radius 1 is 1.35 bits per heavy atom. The van der Waals surface area contributed by atoms with Crippen LogP contribution in [0.4, 0.5) is 4.39 Å². The molecule has 13 nitrogen and oxygen atoms in total. The van der Waals surface area contributed by atoms with E-state index in [2.05, 4.69) is 8.83 Å². The first-order valence-corrected chi connectivity index (χ1v) is 9.99. The van der Waals surface area contributed by atoms with Crippen molar-refractivity contribution in [1.29, 1.82) is 0 Å². The number of aromatic nitrogens is 2. The van der Waals surface area contributed by atoms with Gasteiger partial charge < -0.3 is 24.5 Å². The number of hydrogen-bond acceptors (Lipinski definition) is 8. The van der Waals surface area contributed by atoms with E-state index in [0.29, 0.717) is 6.20 Å². The van der Waals surface area contributed by atoms with Crippen molar-refractivity contribution in [2.45, 2.75) is 31.3 Å². The third-order valence-electron chi connectivity index (χ3n) is 3.31. The van der Waals surface area contributed by atoms with E-state index in [-0.39, 0.29) is 12.8 Å². The maximum Gasteiger partial charge on any atom is 0.481 e. The van der Waals surface area contributed by atoms with Gasteiger partial charge in [0.15, 0.2) is 0 Å². The van der Waals surface area contributed by atoms with E-state index in [1.807, 2.05) is 0 Å². The molecule has 148 valence electrons. The molecule has 4 atom stereocenters. The molecular formula is C10H15FN2O11P2. The van der Waals surface area contributed by atoms with Gasteiger partial charge in [0.05, 0.1) is 25.0 Å². The van der Waals surface area contributed by atoms with Crippen LogP contribution in [0.5, 0.6) is 0 Å². The van der Waals surface area contributed by atoms with E-state index in [0.717, 1.165) is 4.57 Å². The second-order valence-electron chi connectivity index (χ2n) is 5.24. The van der Waals surface area contributed by atoms with Crippen LogP contribution >= 0.6 is 15.6 Å². The lowest BCUT2D eigenvalue weighted by molar-refractivity contribution is -0.0308. The van der Waals surface area contributed by atoms with Crippen LogP contribution in [0.25, 0.3) is 0 Å². The van der Waals surface area contributed by atoms with Crippen LogP contribution < -0.4 is 11.2 Å². The molecule has 1 aromatic rings. The Morgan fingerprint density at radius 2 is 2.00 bits per heavy atom. The van der Waals surface area contributed by atoms with Crippen molar-refractivity contribution in [1.82, 2.24) is 9.55 Å². The summed E-state index contributed by atoms with van der Waals surface area (Å²) in [6.07, 6.45) is -3.02. The molecule has 1 saturated heterocycles. The van der Waals surface area contributed by atoms with Gasteiger partial charge in [-0.3, -0.25) is 18.9 Å². The van der Waals surface area contributed by atoms with Crippen molar-refractivity contribution >= 4 is 15.6 Å². The molecule has 0 amide bonds. The molecule has 16 heteroatoms. The Balaban J connectivity index is 1.96. The summed E-state index contributed by atoms with van der Waals surface area (Å²) in [6, 6.07) is 0. The highest BCUT2D eigenvalue weighted by molar-refractivity contribution is 7.60. The number of aliphatic hydroxyl groups excluding tert-OH is 1. The number of nitrogens with one attached hydrogen (secondary N) is 1. The summed E-state index contributed by atoms with van der Waals surface area (Å²) in [5, 5.41) is 9.90. The van der Waals surface area contributed by atoms with Crippen LogP contribution in [-0.2, 0) is 22.7 Å². The highest BCUT2D eigenvalue weighted by Gasteiger charge is 2.37. The lowest BCUT2D eigenvalue weighted by Gasteiger charge is -2.17. The molecule has 0 radical (unpaired) electrons. The molecule has 0 bridgehead atoms. The maximum atomic E-state index is 13.3. The van der Waals surface area contributed by atoms with Crippen LogP contribution in [0.1, 0.15) is 19.1 Å². The molecule has 1 aliphatic rings. The van der Waals surface area contributed by atoms with Crippen LogP contribution in [0, 0.1) is 5.82 Å². The van der Waals surface area contributed by atoms with Crippen LogP contribution in [0.2, 0.25) is 0 Å². The zero-order valence-corrected chi connectivity index (χ0v) is 14.6. The number of rotatable bonds is 7. The van der Waals surface area contributed by atoms with Gasteiger partial charge in [0.25, 0.3) is 5.56 Å². The molecule has 0 aromatic carbocycles. The minimum atomic E-state index is -5.25. The maximum absolute atomic E-state index is 13.3. The topological polar surface area (TPSA) is 198 Å². The van der Waals surface area contributed by atoms with E-state index in [1.54, 1.807) is 4.98 Å². The van der Waals surface area contributed by atoms with Crippen molar-refractivity contribution < 1.29 is 46.9 Å². The molecule has 1 unspecified atom stereocenters. The van der Waals surface area contributed by atoms with Gasteiger partial charge in [-0.05, 0) is 0 Å². The number of phosphoric acid groups is 2. The largest absolute Gasteiger partial charge is 0.481 e. The number of hydrogen-bond donors (Lipinski definition) is 5. The third-order valence-corrected chi connectivity index (χ3v) is 5.49. The summed E-state index contributed by atoms with van der Waals surface area (Å²) in [5.74, 6) is -1.23. The van der Waals surface area contributed by atoms with Crippen molar-refractivity contribution in [2.24, 2.45) is 0 Å². The summed E-state index contributed by atoms with van der Waals surface area (Å²) in [7, 11) is -10.3. The predicted octanol–water partition coefficient (Wildman–Crippen LogP) is -1.06. The summed E-state index contributed by atoms with van der Waals surface area (Å²) >= 11 is 0. The molecule has 5 N–H and O–H groups in total. The number of halogens is 1. The summed E-state index contributed by atoms with van der Waals surface area (Å²) in [5.41, 5.74) is -2.17. The zero-order valence-electron chi connectivity index (χ0n) is 12.8. The van der Waals surface area contributed by atoms with Gasteiger partial charge in [0.2, 0.25) is 5.82 Å². The minimum absolute atomic E-state index is 0.147. The first-order valence-electron chi connectivity index (χ1n) is 6.97. The van der Waals surface area contributed by atoms with E-state index in [1.165, 1.54) is 0 Å². The van der Waals surface area contributed by atoms with Crippen molar-refractivity contribution in [3.05, 3.63) is 32.9 Å². The highest BCUT2D eigenvalue weighted by Crippen LogP contribution is 2.57. The molecule has 0 saturated carbocycles. The summed E-state index contributed by atoms with van der Waals surface area (Å²) in [6.45, 7) is -0.586. The minimum Gasteiger partial charge on any atom is -0.390 e. The van der Waals surface area contributed by atoms with Gasteiger partial charge in [0.1, 0.15) is 6.23 Å². The van der Waals surface area contributed by atoms with Gasteiger partial charge >= 0.3 is 21.3 Å². The third kappa shape index (κ3) is 5.64. The smallest absolute Gasteiger partial charge is 0.390 e. The molecule has 1 aliphatic heterocycles. The van der Waals surface area contributed by atoms with E-state index in [4.69, 9.17) is 19.4 Å². The second-order valence-corrected chi connectivity index (χ2v) is 8.07. The number of H-pyrrole nitrogens is 1. The van der Waals surface area contributed by atoms with Gasteiger partial charge in [-0.25, -0.2) is 13.9 Å². The number of phosphoric ester groups is 1. The molecule has 1 fully saturated rings. The average molecular weight is 420 g/mol. The Labute approximate surface area is 143 Å². The van der Waals surface area contributed by atoms with Crippen LogP contribution in [0.15, 0.2) is 15.8 Å². The molecule has 2 heterocycles. The Kier molecular flexibility index (Phi) is 6.33. The second kappa shape index (κ2) is 7.80. The van der Waals surface area contributed by atoms with Gasteiger partial charge in [-0.1, -0.05) is 0 Å². The molecule has 2 rings (SSSR count). The first kappa shape index (κ1) is 21.1. The summed E-state index contributed by atoms with van der Waals surface area (Å²) in [4.78, 5) is 50.4. The molecule has 1 aromatic heterocycles. The fourth-order valence-electron chi connectivity index (χ4n) is 2.26. The molecule has 0 spiro atoms. The van der Waals surface area contributed by atoms with Crippen LogP contribution in [0.3, 0.4) is 0 Å². The number of ether oxygens (including phenoxy) is 1. The fourth-order valence-corrected chi connectivity index (χ4v) is 3.86. The van der Waals surface area contributed by atoms with E-state index < -0.39 is 57.8 Å². The van der Waals surface area contributed by atoms with E-state index in [9.17, 15) is 28.2 Å². The summed E-state index contributed by atoms with van der Waals surface area (Å²) < 4.78 is 49.1. The zero-order chi connectivity index (χ0) is 19.7. The van der Waals surface area contributed by atoms with Gasteiger partial charge in [-0.2, -0.15) is 8.70 Å². The number of aliphatic hydroxyl groups is 1. The van der Waals surface area contributed by atoms with E-state index >= 15 is 0 Å². The molecular weight excluding hydrogens is 405 g/mol.